The van der Waals surface area contributed by atoms with Crippen molar-refractivity contribution in [1.82, 2.24) is 4.98 Å². The third kappa shape index (κ3) is 2.53. The first-order valence-electron chi connectivity index (χ1n) is 4.94. The number of hydrogen-bond acceptors (Lipinski definition) is 5. The number of nitriles is 1. The van der Waals surface area contributed by atoms with Crippen LogP contribution in [0, 0.1) is 18.3 Å². The van der Waals surface area contributed by atoms with Crippen LogP contribution in [-0.2, 0) is 0 Å². The Balaban J connectivity index is 2.54. The van der Waals surface area contributed by atoms with Crippen molar-refractivity contribution in [2.75, 3.05) is 0 Å². The van der Waals surface area contributed by atoms with Gasteiger partial charge in [-0.3, -0.25) is 0 Å². The molecular formula is C11H9BN2O2S. The molecule has 0 saturated heterocycles. The molecule has 2 N–H and O–H groups in total. The van der Waals surface area contributed by atoms with E-state index in [-0.39, 0.29) is 0 Å². The highest BCUT2D eigenvalue weighted by atomic mass is 32.1. The van der Waals surface area contributed by atoms with Gasteiger partial charge in [-0.15, -0.1) is 11.3 Å². The highest BCUT2D eigenvalue weighted by Crippen LogP contribution is 2.21. The fourth-order valence-electron chi connectivity index (χ4n) is 1.51. The topological polar surface area (TPSA) is 77.1 Å². The quantitative estimate of drug-likeness (QED) is 0.761. The summed E-state index contributed by atoms with van der Waals surface area (Å²) in [5, 5.41) is 30.0. The van der Waals surface area contributed by atoms with Gasteiger partial charge in [0.05, 0.1) is 22.3 Å². The molecule has 84 valence electrons. The Morgan fingerprint density at radius 2 is 2.12 bits per heavy atom. The molecule has 2 aromatic rings. The summed E-state index contributed by atoms with van der Waals surface area (Å²) in [6.45, 7) is 1.89. The summed E-state index contributed by atoms with van der Waals surface area (Å²) in [6, 6.07) is 6.75. The summed E-state index contributed by atoms with van der Waals surface area (Å²) in [6.07, 6.45) is 0. The van der Waals surface area contributed by atoms with E-state index >= 15 is 0 Å². The van der Waals surface area contributed by atoms with Gasteiger partial charge in [-0.2, -0.15) is 5.26 Å². The molecule has 1 aromatic carbocycles. The molecule has 0 spiro atoms. The molecule has 0 unspecified atom stereocenters. The lowest BCUT2D eigenvalue weighted by Crippen LogP contribution is -2.30. The molecular weight excluding hydrogens is 235 g/mol. The third-order valence-electron chi connectivity index (χ3n) is 2.30. The zero-order chi connectivity index (χ0) is 12.4. The molecule has 0 saturated carbocycles. The standard InChI is InChI=1S/C11H9BN2O2S/c1-7-14-11(6-17-7)9-2-8(5-13)3-10(4-9)12(15)16/h2-4,6,15-16H,1H3. The summed E-state index contributed by atoms with van der Waals surface area (Å²) in [5.74, 6) is 0. The van der Waals surface area contributed by atoms with Crippen LogP contribution in [0.1, 0.15) is 10.6 Å². The summed E-state index contributed by atoms with van der Waals surface area (Å²) in [5.41, 5.74) is 2.14. The average molecular weight is 244 g/mol. The first kappa shape index (κ1) is 11.8. The highest BCUT2D eigenvalue weighted by molar-refractivity contribution is 7.09. The van der Waals surface area contributed by atoms with Crippen LogP contribution in [0.2, 0.25) is 0 Å². The van der Waals surface area contributed by atoms with E-state index in [2.05, 4.69) is 4.98 Å². The summed E-state index contributed by atoms with van der Waals surface area (Å²) >= 11 is 1.51. The van der Waals surface area contributed by atoms with E-state index in [0.717, 1.165) is 16.3 Å². The molecule has 1 aromatic heterocycles. The fourth-order valence-corrected chi connectivity index (χ4v) is 2.13. The van der Waals surface area contributed by atoms with Gasteiger partial charge >= 0.3 is 7.12 Å². The van der Waals surface area contributed by atoms with Crippen LogP contribution in [0.25, 0.3) is 11.3 Å². The second-order valence-electron chi connectivity index (χ2n) is 3.58. The van der Waals surface area contributed by atoms with Crippen LogP contribution >= 0.6 is 11.3 Å². The van der Waals surface area contributed by atoms with Crippen LogP contribution < -0.4 is 5.46 Å². The SMILES string of the molecule is Cc1nc(-c2cc(C#N)cc(B(O)O)c2)cs1. The summed E-state index contributed by atoms with van der Waals surface area (Å²) in [4.78, 5) is 4.30. The van der Waals surface area contributed by atoms with E-state index in [1.165, 1.54) is 17.4 Å². The maximum Gasteiger partial charge on any atom is 0.488 e. The number of aromatic nitrogens is 1. The number of hydrogen-bond donors (Lipinski definition) is 2. The van der Waals surface area contributed by atoms with E-state index in [1.54, 1.807) is 12.1 Å². The number of nitrogens with zero attached hydrogens (tertiary/aromatic N) is 2. The minimum absolute atomic E-state index is 0.296. The Kier molecular flexibility index (Phi) is 3.24. The van der Waals surface area contributed by atoms with E-state index < -0.39 is 7.12 Å². The van der Waals surface area contributed by atoms with Crippen molar-refractivity contribution in [3.8, 4) is 17.3 Å². The van der Waals surface area contributed by atoms with Gasteiger partial charge in [0, 0.05) is 10.9 Å². The van der Waals surface area contributed by atoms with Gasteiger partial charge < -0.3 is 10.0 Å². The number of benzene rings is 1. The van der Waals surface area contributed by atoms with E-state index in [1.807, 2.05) is 18.4 Å². The molecule has 4 nitrogen and oxygen atoms in total. The lowest BCUT2D eigenvalue weighted by Gasteiger charge is -2.03. The van der Waals surface area contributed by atoms with Crippen LogP contribution in [-0.4, -0.2) is 22.2 Å². The molecule has 0 aliphatic heterocycles. The van der Waals surface area contributed by atoms with Gasteiger partial charge in [-0.05, 0) is 24.5 Å². The van der Waals surface area contributed by atoms with Crippen molar-refractivity contribution in [3.05, 3.63) is 34.2 Å². The van der Waals surface area contributed by atoms with Crippen molar-refractivity contribution in [3.63, 3.8) is 0 Å². The van der Waals surface area contributed by atoms with Gasteiger partial charge in [0.25, 0.3) is 0 Å². The summed E-state index contributed by atoms with van der Waals surface area (Å²) in [7, 11) is -1.58. The van der Waals surface area contributed by atoms with Crippen molar-refractivity contribution >= 4 is 23.9 Å². The molecule has 1 heterocycles. The Labute approximate surface area is 103 Å². The molecule has 0 bridgehead atoms. The van der Waals surface area contributed by atoms with Crippen molar-refractivity contribution in [2.45, 2.75) is 6.92 Å². The van der Waals surface area contributed by atoms with Crippen molar-refractivity contribution < 1.29 is 10.0 Å². The Morgan fingerprint density at radius 3 is 2.65 bits per heavy atom. The fraction of sp³-hybridized carbons (Fsp3) is 0.0909. The van der Waals surface area contributed by atoms with E-state index in [9.17, 15) is 0 Å². The zero-order valence-corrected chi connectivity index (χ0v) is 9.90. The normalized spacial score (nSPS) is 10.0. The molecule has 0 aliphatic rings. The lowest BCUT2D eigenvalue weighted by molar-refractivity contribution is 0.426. The Bertz CT molecular complexity index is 589. The van der Waals surface area contributed by atoms with Gasteiger partial charge in [0.2, 0.25) is 0 Å². The Hall–Kier alpha value is -1.68. The lowest BCUT2D eigenvalue weighted by atomic mass is 9.78. The molecule has 17 heavy (non-hydrogen) atoms. The largest absolute Gasteiger partial charge is 0.488 e. The third-order valence-corrected chi connectivity index (χ3v) is 3.07. The second kappa shape index (κ2) is 4.68. The molecule has 0 amide bonds. The van der Waals surface area contributed by atoms with Gasteiger partial charge in [-0.25, -0.2) is 4.98 Å². The van der Waals surface area contributed by atoms with Crippen LogP contribution in [0.4, 0.5) is 0 Å². The monoisotopic (exact) mass is 244 g/mol. The highest BCUT2D eigenvalue weighted by Gasteiger charge is 2.14. The van der Waals surface area contributed by atoms with Crippen LogP contribution in [0.15, 0.2) is 23.6 Å². The first-order valence-corrected chi connectivity index (χ1v) is 5.82. The molecule has 0 aliphatic carbocycles. The second-order valence-corrected chi connectivity index (χ2v) is 4.64. The molecule has 6 heteroatoms. The zero-order valence-electron chi connectivity index (χ0n) is 9.08. The van der Waals surface area contributed by atoms with Gasteiger partial charge in [0.1, 0.15) is 0 Å². The predicted molar refractivity (Wildman–Crippen MR) is 66.8 cm³/mol. The maximum absolute atomic E-state index is 9.15. The van der Waals surface area contributed by atoms with Crippen LogP contribution in [0.3, 0.4) is 0 Å². The summed E-state index contributed by atoms with van der Waals surface area (Å²) < 4.78 is 0. The first-order chi connectivity index (χ1) is 8.10. The van der Waals surface area contributed by atoms with Crippen molar-refractivity contribution in [2.24, 2.45) is 0 Å². The van der Waals surface area contributed by atoms with E-state index in [0.29, 0.717) is 11.0 Å². The number of aryl methyl sites for hydroxylation is 1. The average Bonchev–Trinajstić information content (AvgIpc) is 2.75. The van der Waals surface area contributed by atoms with Crippen molar-refractivity contribution in [1.29, 1.82) is 5.26 Å². The molecule has 2 rings (SSSR count). The van der Waals surface area contributed by atoms with Gasteiger partial charge in [-0.1, -0.05) is 6.07 Å². The number of thiazole rings is 1. The van der Waals surface area contributed by atoms with Crippen LogP contribution in [0.5, 0.6) is 0 Å². The van der Waals surface area contributed by atoms with E-state index in [4.69, 9.17) is 15.3 Å². The molecule has 0 radical (unpaired) electrons. The number of rotatable bonds is 2. The minimum atomic E-state index is -1.58. The predicted octanol–water partition coefficient (Wildman–Crippen LogP) is 0.670. The Morgan fingerprint density at radius 1 is 1.35 bits per heavy atom. The smallest absolute Gasteiger partial charge is 0.423 e. The van der Waals surface area contributed by atoms with Gasteiger partial charge in [0.15, 0.2) is 0 Å². The maximum atomic E-state index is 9.15. The molecule has 0 fully saturated rings. The minimum Gasteiger partial charge on any atom is -0.423 e. The molecule has 0 atom stereocenters.